The van der Waals surface area contributed by atoms with Crippen molar-refractivity contribution in [3.05, 3.63) is 47.8 Å². The summed E-state index contributed by atoms with van der Waals surface area (Å²) in [5.74, 6) is 0.829. The molecule has 0 atom stereocenters. The maximum Gasteiger partial charge on any atom is 0.157 e. The van der Waals surface area contributed by atoms with Crippen molar-refractivity contribution in [1.29, 1.82) is 0 Å². The lowest BCUT2D eigenvalue weighted by Crippen LogP contribution is -2.11. The zero-order chi connectivity index (χ0) is 14.2. The predicted molar refractivity (Wildman–Crippen MR) is 80.7 cm³/mol. The van der Waals surface area contributed by atoms with Crippen molar-refractivity contribution in [3.63, 3.8) is 0 Å². The molecule has 20 heavy (non-hydrogen) atoms. The van der Waals surface area contributed by atoms with Gasteiger partial charge in [0.25, 0.3) is 0 Å². The number of hydrogen-bond acceptors (Lipinski definition) is 3. The first kappa shape index (κ1) is 14.6. The lowest BCUT2D eigenvalue weighted by molar-refractivity contribution is 0.305. The fourth-order valence-electron chi connectivity index (χ4n) is 2.04. The first-order valence-electron chi connectivity index (χ1n) is 7.25. The maximum absolute atomic E-state index is 5.77. The van der Waals surface area contributed by atoms with Gasteiger partial charge < -0.3 is 10.1 Å². The van der Waals surface area contributed by atoms with Gasteiger partial charge >= 0.3 is 0 Å². The summed E-state index contributed by atoms with van der Waals surface area (Å²) in [5, 5.41) is 7.59. The highest BCUT2D eigenvalue weighted by Crippen LogP contribution is 2.13. The summed E-state index contributed by atoms with van der Waals surface area (Å²) in [4.78, 5) is 0. The standard InChI is InChI=1S/C16H23N3O/c1-3-8-19-12-16(11-18-19)20-13-15-7-5-6-14(9-15)10-17-4-2/h5-7,9,11-12,17H,3-4,8,10,13H2,1-2H3. The number of nitrogens with zero attached hydrogens (tertiary/aromatic N) is 2. The first-order valence-corrected chi connectivity index (χ1v) is 7.25. The fourth-order valence-corrected chi connectivity index (χ4v) is 2.04. The van der Waals surface area contributed by atoms with E-state index < -0.39 is 0 Å². The topological polar surface area (TPSA) is 39.1 Å². The minimum absolute atomic E-state index is 0.581. The molecule has 2 rings (SSSR count). The lowest BCUT2D eigenvalue weighted by Gasteiger charge is -2.07. The molecule has 108 valence electrons. The molecule has 0 amide bonds. The van der Waals surface area contributed by atoms with E-state index in [1.807, 2.05) is 10.9 Å². The third-order valence-electron chi connectivity index (χ3n) is 3.04. The number of benzene rings is 1. The molecule has 0 fully saturated rings. The molecule has 0 saturated carbocycles. The quantitative estimate of drug-likeness (QED) is 0.803. The Hall–Kier alpha value is -1.81. The van der Waals surface area contributed by atoms with Gasteiger partial charge in [0.15, 0.2) is 5.75 Å². The van der Waals surface area contributed by atoms with Crippen LogP contribution in [0.3, 0.4) is 0 Å². The van der Waals surface area contributed by atoms with Gasteiger partial charge in [-0.05, 0) is 24.1 Å². The largest absolute Gasteiger partial charge is 0.486 e. The Morgan fingerprint density at radius 3 is 2.90 bits per heavy atom. The molecule has 1 aromatic carbocycles. The Labute approximate surface area is 120 Å². The monoisotopic (exact) mass is 273 g/mol. The van der Waals surface area contributed by atoms with Crippen molar-refractivity contribution < 1.29 is 4.74 Å². The van der Waals surface area contributed by atoms with E-state index in [0.29, 0.717) is 6.61 Å². The van der Waals surface area contributed by atoms with E-state index >= 15 is 0 Å². The highest BCUT2D eigenvalue weighted by molar-refractivity contribution is 5.23. The number of hydrogen-bond donors (Lipinski definition) is 1. The number of aryl methyl sites for hydroxylation is 1. The molecule has 1 N–H and O–H groups in total. The molecule has 0 aliphatic heterocycles. The summed E-state index contributed by atoms with van der Waals surface area (Å²) in [6.07, 6.45) is 4.80. The molecule has 0 radical (unpaired) electrons. The van der Waals surface area contributed by atoms with Crippen LogP contribution in [-0.2, 0) is 19.7 Å². The van der Waals surface area contributed by atoms with E-state index in [2.05, 4.69) is 48.5 Å². The molecule has 4 nitrogen and oxygen atoms in total. The van der Waals surface area contributed by atoms with Crippen LogP contribution in [0.5, 0.6) is 5.75 Å². The van der Waals surface area contributed by atoms with Crippen LogP contribution in [0.4, 0.5) is 0 Å². The van der Waals surface area contributed by atoms with Gasteiger partial charge in [0.2, 0.25) is 0 Å². The minimum atomic E-state index is 0.581. The second-order valence-corrected chi connectivity index (χ2v) is 4.83. The fraction of sp³-hybridized carbons (Fsp3) is 0.438. The molecule has 1 aromatic heterocycles. The third kappa shape index (κ3) is 4.38. The van der Waals surface area contributed by atoms with Crippen molar-refractivity contribution >= 4 is 0 Å². The van der Waals surface area contributed by atoms with Gasteiger partial charge in [-0.15, -0.1) is 0 Å². The van der Waals surface area contributed by atoms with Crippen LogP contribution in [0, 0.1) is 0 Å². The second-order valence-electron chi connectivity index (χ2n) is 4.83. The molecular weight excluding hydrogens is 250 g/mol. The highest BCUT2D eigenvalue weighted by atomic mass is 16.5. The molecule has 0 aliphatic carbocycles. The van der Waals surface area contributed by atoms with Crippen LogP contribution in [0.25, 0.3) is 0 Å². The molecule has 0 aliphatic rings. The maximum atomic E-state index is 5.77. The van der Waals surface area contributed by atoms with Crippen molar-refractivity contribution in [2.75, 3.05) is 6.54 Å². The smallest absolute Gasteiger partial charge is 0.157 e. The average Bonchev–Trinajstić information content (AvgIpc) is 2.92. The number of aromatic nitrogens is 2. The van der Waals surface area contributed by atoms with Crippen molar-refractivity contribution in [3.8, 4) is 5.75 Å². The van der Waals surface area contributed by atoms with Crippen LogP contribution < -0.4 is 10.1 Å². The van der Waals surface area contributed by atoms with Gasteiger partial charge in [0.05, 0.1) is 12.4 Å². The Morgan fingerprint density at radius 2 is 2.10 bits per heavy atom. The Morgan fingerprint density at radius 1 is 1.25 bits per heavy atom. The van der Waals surface area contributed by atoms with Gasteiger partial charge in [-0.2, -0.15) is 5.10 Å². The Balaban J connectivity index is 1.89. The minimum Gasteiger partial charge on any atom is -0.486 e. The van der Waals surface area contributed by atoms with Crippen LogP contribution in [0.2, 0.25) is 0 Å². The van der Waals surface area contributed by atoms with Crippen molar-refractivity contribution in [2.45, 2.75) is 40.0 Å². The normalized spacial score (nSPS) is 10.7. The third-order valence-corrected chi connectivity index (χ3v) is 3.04. The predicted octanol–water partition coefficient (Wildman–Crippen LogP) is 2.98. The molecule has 0 saturated heterocycles. The van der Waals surface area contributed by atoms with Crippen LogP contribution in [-0.4, -0.2) is 16.3 Å². The summed E-state index contributed by atoms with van der Waals surface area (Å²) in [5.41, 5.74) is 2.47. The molecule has 2 aromatic rings. The van der Waals surface area contributed by atoms with Gasteiger partial charge in [-0.3, -0.25) is 4.68 Å². The number of ether oxygens (including phenoxy) is 1. The van der Waals surface area contributed by atoms with E-state index in [1.54, 1.807) is 6.20 Å². The van der Waals surface area contributed by atoms with Gasteiger partial charge in [-0.1, -0.05) is 38.1 Å². The lowest BCUT2D eigenvalue weighted by atomic mass is 10.1. The Kier molecular flexibility index (Phi) is 5.62. The summed E-state index contributed by atoms with van der Waals surface area (Å²) in [6, 6.07) is 8.47. The van der Waals surface area contributed by atoms with Gasteiger partial charge in [-0.25, -0.2) is 0 Å². The summed E-state index contributed by atoms with van der Waals surface area (Å²) in [6.45, 7) is 7.65. The van der Waals surface area contributed by atoms with Crippen molar-refractivity contribution in [2.24, 2.45) is 0 Å². The summed E-state index contributed by atoms with van der Waals surface area (Å²) >= 11 is 0. The highest BCUT2D eigenvalue weighted by Gasteiger charge is 2.01. The van der Waals surface area contributed by atoms with Crippen molar-refractivity contribution in [1.82, 2.24) is 15.1 Å². The van der Waals surface area contributed by atoms with Gasteiger partial charge in [0.1, 0.15) is 6.61 Å². The van der Waals surface area contributed by atoms with Gasteiger partial charge in [0, 0.05) is 13.1 Å². The van der Waals surface area contributed by atoms with E-state index in [4.69, 9.17) is 4.74 Å². The van der Waals surface area contributed by atoms with E-state index in [0.717, 1.165) is 31.8 Å². The van der Waals surface area contributed by atoms with Crippen LogP contribution in [0.15, 0.2) is 36.7 Å². The molecule has 0 bridgehead atoms. The van der Waals surface area contributed by atoms with E-state index in [1.165, 1.54) is 11.1 Å². The average molecular weight is 273 g/mol. The van der Waals surface area contributed by atoms with Crippen LogP contribution >= 0.6 is 0 Å². The Bertz CT molecular complexity index is 522. The number of rotatable bonds is 8. The van der Waals surface area contributed by atoms with Crippen LogP contribution in [0.1, 0.15) is 31.4 Å². The number of nitrogens with one attached hydrogen (secondary N) is 1. The molecule has 1 heterocycles. The summed E-state index contributed by atoms with van der Waals surface area (Å²) < 4.78 is 7.69. The van der Waals surface area contributed by atoms with E-state index in [-0.39, 0.29) is 0 Å². The zero-order valence-corrected chi connectivity index (χ0v) is 12.3. The second kappa shape index (κ2) is 7.70. The first-order chi connectivity index (χ1) is 9.81. The molecule has 4 heteroatoms. The molecule has 0 spiro atoms. The molecular formula is C16H23N3O. The summed E-state index contributed by atoms with van der Waals surface area (Å²) in [7, 11) is 0. The molecule has 0 unspecified atom stereocenters. The van der Waals surface area contributed by atoms with E-state index in [9.17, 15) is 0 Å². The zero-order valence-electron chi connectivity index (χ0n) is 12.3. The SMILES string of the molecule is CCCn1cc(OCc2cccc(CNCC)c2)cn1.